The maximum atomic E-state index is 12.7. The van der Waals surface area contributed by atoms with Crippen LogP contribution in [0.1, 0.15) is 21.8 Å². The van der Waals surface area contributed by atoms with Crippen molar-refractivity contribution in [3.63, 3.8) is 0 Å². The lowest BCUT2D eigenvalue weighted by Gasteiger charge is -2.27. The van der Waals surface area contributed by atoms with Gasteiger partial charge in [-0.2, -0.15) is 0 Å². The number of aromatic nitrogens is 2. The normalized spacial score (nSPS) is 13.4. The smallest absolute Gasteiger partial charge is 0.311 e. The molecular formula is C19H17N3O3. The maximum Gasteiger partial charge on any atom is 0.311 e. The van der Waals surface area contributed by atoms with Crippen LogP contribution >= 0.6 is 0 Å². The summed E-state index contributed by atoms with van der Waals surface area (Å²) in [7, 11) is 1.58. The number of carbonyl (C=O) groups excluding carboxylic acids is 1. The lowest BCUT2D eigenvalue weighted by molar-refractivity contribution is 0.0695. The third kappa shape index (κ3) is 2.87. The highest BCUT2D eigenvalue weighted by Gasteiger charge is 2.26. The summed E-state index contributed by atoms with van der Waals surface area (Å²) in [5, 5.41) is 7.95. The average molecular weight is 335 g/mol. The third-order valence-corrected chi connectivity index (χ3v) is 4.36. The summed E-state index contributed by atoms with van der Waals surface area (Å²) < 4.78 is 10.9. The van der Waals surface area contributed by atoms with Crippen molar-refractivity contribution in [2.24, 2.45) is 0 Å². The zero-order valence-corrected chi connectivity index (χ0v) is 13.8. The molecule has 2 heterocycles. The number of rotatable bonds is 3. The lowest BCUT2D eigenvalue weighted by Crippen LogP contribution is -2.36. The summed E-state index contributed by atoms with van der Waals surface area (Å²) in [5.41, 5.74) is 3.11. The van der Waals surface area contributed by atoms with Crippen LogP contribution in [-0.2, 0) is 13.0 Å². The highest BCUT2D eigenvalue weighted by Crippen LogP contribution is 2.29. The Morgan fingerprint density at radius 3 is 2.68 bits per heavy atom. The number of para-hydroxylation sites is 1. The van der Waals surface area contributed by atoms with Gasteiger partial charge in [0.25, 0.3) is 5.89 Å². The van der Waals surface area contributed by atoms with Crippen LogP contribution in [-0.4, -0.2) is 34.7 Å². The standard InChI is InChI=1S/C19H17N3O3/c1-24-16-9-5-4-8-15(16)17-20-21-18(25-17)19(23)22-11-10-13-6-2-3-7-14(13)12-22/h2-9H,10-12H2,1H3. The maximum absolute atomic E-state index is 12.7. The largest absolute Gasteiger partial charge is 0.496 e. The Morgan fingerprint density at radius 2 is 1.84 bits per heavy atom. The molecule has 0 saturated heterocycles. The van der Waals surface area contributed by atoms with E-state index < -0.39 is 0 Å². The first-order valence-electron chi connectivity index (χ1n) is 8.09. The van der Waals surface area contributed by atoms with E-state index in [-0.39, 0.29) is 17.7 Å². The summed E-state index contributed by atoms with van der Waals surface area (Å²) in [6.45, 7) is 1.20. The van der Waals surface area contributed by atoms with E-state index in [1.165, 1.54) is 5.56 Å². The number of nitrogens with zero attached hydrogens (tertiary/aromatic N) is 3. The first-order valence-corrected chi connectivity index (χ1v) is 8.09. The van der Waals surface area contributed by atoms with Crippen molar-refractivity contribution in [1.82, 2.24) is 15.1 Å². The van der Waals surface area contributed by atoms with Gasteiger partial charge in [0.15, 0.2) is 0 Å². The van der Waals surface area contributed by atoms with Gasteiger partial charge in [-0.1, -0.05) is 36.4 Å². The Bertz CT molecular complexity index is 920. The number of hydrogen-bond donors (Lipinski definition) is 0. The molecule has 0 fully saturated rings. The van der Waals surface area contributed by atoms with E-state index in [0.717, 1.165) is 12.0 Å². The van der Waals surface area contributed by atoms with Gasteiger partial charge in [-0.15, -0.1) is 10.2 Å². The fourth-order valence-electron chi connectivity index (χ4n) is 3.04. The minimum absolute atomic E-state index is 0.000266. The van der Waals surface area contributed by atoms with E-state index in [0.29, 0.717) is 24.4 Å². The van der Waals surface area contributed by atoms with Crippen molar-refractivity contribution in [2.45, 2.75) is 13.0 Å². The molecule has 0 aliphatic carbocycles. The van der Waals surface area contributed by atoms with E-state index >= 15 is 0 Å². The van der Waals surface area contributed by atoms with Crippen LogP contribution in [0.2, 0.25) is 0 Å². The van der Waals surface area contributed by atoms with Crippen molar-refractivity contribution in [2.75, 3.05) is 13.7 Å². The van der Waals surface area contributed by atoms with Gasteiger partial charge in [-0.3, -0.25) is 4.79 Å². The minimum Gasteiger partial charge on any atom is -0.496 e. The van der Waals surface area contributed by atoms with E-state index in [2.05, 4.69) is 16.3 Å². The topological polar surface area (TPSA) is 68.5 Å². The summed E-state index contributed by atoms with van der Waals surface area (Å²) in [4.78, 5) is 14.4. The molecule has 0 saturated carbocycles. The first kappa shape index (κ1) is 15.4. The molecule has 0 spiro atoms. The van der Waals surface area contributed by atoms with Crippen molar-refractivity contribution >= 4 is 5.91 Å². The van der Waals surface area contributed by atoms with E-state index in [1.54, 1.807) is 12.0 Å². The third-order valence-electron chi connectivity index (χ3n) is 4.36. The Morgan fingerprint density at radius 1 is 1.08 bits per heavy atom. The molecule has 126 valence electrons. The molecule has 6 nitrogen and oxygen atoms in total. The zero-order valence-electron chi connectivity index (χ0n) is 13.8. The van der Waals surface area contributed by atoms with Crippen LogP contribution in [0.15, 0.2) is 52.9 Å². The SMILES string of the molecule is COc1ccccc1-c1nnc(C(=O)N2CCc3ccccc3C2)o1. The summed E-state index contributed by atoms with van der Waals surface area (Å²) in [5.74, 6) is 0.652. The van der Waals surface area contributed by atoms with E-state index in [4.69, 9.17) is 9.15 Å². The second kappa shape index (κ2) is 6.39. The Kier molecular flexibility index (Phi) is 3.93. The molecule has 0 unspecified atom stereocenters. The lowest BCUT2D eigenvalue weighted by atomic mass is 10.00. The predicted molar refractivity (Wildman–Crippen MR) is 91.2 cm³/mol. The number of hydrogen-bond acceptors (Lipinski definition) is 5. The summed E-state index contributed by atoms with van der Waals surface area (Å²) in [6, 6.07) is 15.5. The summed E-state index contributed by atoms with van der Waals surface area (Å²) >= 11 is 0. The molecule has 1 aliphatic rings. The van der Waals surface area contributed by atoms with E-state index in [1.807, 2.05) is 42.5 Å². The molecule has 1 amide bonds. The quantitative estimate of drug-likeness (QED) is 0.736. The van der Waals surface area contributed by atoms with Crippen LogP contribution in [0.3, 0.4) is 0 Å². The Labute approximate surface area is 145 Å². The molecule has 25 heavy (non-hydrogen) atoms. The monoisotopic (exact) mass is 335 g/mol. The van der Waals surface area contributed by atoms with Gasteiger partial charge >= 0.3 is 11.8 Å². The van der Waals surface area contributed by atoms with Crippen LogP contribution in [0.4, 0.5) is 0 Å². The van der Waals surface area contributed by atoms with Crippen LogP contribution in [0.5, 0.6) is 5.75 Å². The van der Waals surface area contributed by atoms with Gasteiger partial charge in [-0.25, -0.2) is 0 Å². The van der Waals surface area contributed by atoms with Crippen LogP contribution in [0.25, 0.3) is 11.5 Å². The molecule has 0 N–H and O–H groups in total. The molecule has 0 bridgehead atoms. The Hall–Kier alpha value is -3.15. The van der Waals surface area contributed by atoms with Crippen LogP contribution < -0.4 is 4.74 Å². The molecule has 4 rings (SSSR count). The zero-order chi connectivity index (χ0) is 17.2. The Balaban J connectivity index is 1.57. The summed E-state index contributed by atoms with van der Waals surface area (Å²) in [6.07, 6.45) is 0.829. The number of benzene rings is 2. The second-order valence-corrected chi connectivity index (χ2v) is 5.86. The highest BCUT2D eigenvalue weighted by atomic mass is 16.5. The average Bonchev–Trinajstić information content (AvgIpc) is 3.17. The van der Waals surface area contributed by atoms with Gasteiger partial charge in [-0.05, 0) is 29.7 Å². The molecule has 0 radical (unpaired) electrons. The molecule has 6 heteroatoms. The van der Waals surface area contributed by atoms with Gasteiger partial charge in [0.2, 0.25) is 0 Å². The minimum atomic E-state index is -0.247. The molecule has 2 aromatic carbocycles. The number of methoxy groups -OCH3 is 1. The molecular weight excluding hydrogens is 318 g/mol. The van der Waals surface area contributed by atoms with Crippen molar-refractivity contribution in [1.29, 1.82) is 0 Å². The van der Waals surface area contributed by atoms with Gasteiger partial charge in [0.05, 0.1) is 12.7 Å². The molecule has 1 aromatic heterocycles. The van der Waals surface area contributed by atoms with E-state index in [9.17, 15) is 4.79 Å². The predicted octanol–water partition coefficient (Wildman–Crippen LogP) is 2.94. The van der Waals surface area contributed by atoms with Gasteiger partial charge in [0.1, 0.15) is 5.75 Å². The molecule has 3 aromatic rings. The van der Waals surface area contributed by atoms with Crippen molar-refractivity contribution in [3.8, 4) is 17.2 Å². The fourth-order valence-corrected chi connectivity index (χ4v) is 3.04. The van der Waals surface area contributed by atoms with Gasteiger partial charge in [0, 0.05) is 13.1 Å². The second-order valence-electron chi connectivity index (χ2n) is 5.86. The van der Waals surface area contributed by atoms with Crippen molar-refractivity contribution < 1.29 is 13.9 Å². The van der Waals surface area contributed by atoms with Crippen molar-refractivity contribution in [3.05, 3.63) is 65.5 Å². The first-order chi connectivity index (χ1) is 12.3. The highest BCUT2D eigenvalue weighted by molar-refractivity contribution is 5.90. The number of fused-ring (bicyclic) bond motifs is 1. The van der Waals surface area contributed by atoms with Crippen LogP contribution in [0, 0.1) is 0 Å². The molecule has 1 aliphatic heterocycles. The molecule has 0 atom stereocenters. The number of ether oxygens (including phenoxy) is 1. The number of amides is 1. The van der Waals surface area contributed by atoms with Gasteiger partial charge < -0.3 is 14.1 Å². The fraction of sp³-hybridized carbons (Fsp3) is 0.211. The number of carbonyl (C=O) groups is 1.